The van der Waals surface area contributed by atoms with Crippen molar-refractivity contribution in [2.45, 2.75) is 145 Å². The lowest BCUT2D eigenvalue weighted by Gasteiger charge is -2.60. The molecule has 0 aromatic heterocycles. The molecule has 70 heavy (non-hydrogen) atoms. The molecule has 0 radical (unpaired) electrons. The van der Waals surface area contributed by atoms with E-state index in [0.29, 0.717) is 38.0 Å². The largest absolute Gasteiger partial charge is 0.493 e. The molecule has 0 unspecified atom stereocenters. The van der Waals surface area contributed by atoms with Gasteiger partial charge in [0.1, 0.15) is 24.1 Å². The number of oxime groups is 1. The third kappa shape index (κ3) is 15.7. The maximum Gasteiger partial charge on any atom is 0.239 e. The number of fused-ring (bicyclic) bond motifs is 2. The molecule has 1 aliphatic heterocycles. The number of nitrogens with zero attached hydrogens (tertiary/aromatic N) is 2. The Labute approximate surface area is 423 Å². The number of hydrogen-bond donors (Lipinski definition) is 3. The molecule has 1 heterocycles. The highest BCUT2D eigenvalue weighted by Crippen LogP contribution is 2.62. The Morgan fingerprint density at radius 2 is 1.56 bits per heavy atom. The summed E-state index contributed by atoms with van der Waals surface area (Å²) in [6, 6.07) is 25.8. The van der Waals surface area contributed by atoms with E-state index in [2.05, 4.69) is 37.8 Å². The van der Waals surface area contributed by atoms with Crippen molar-refractivity contribution in [1.82, 2.24) is 4.90 Å². The van der Waals surface area contributed by atoms with Crippen LogP contribution in [0.15, 0.2) is 113 Å². The number of carbonyl (C=O) groups is 1. The Morgan fingerprint density at radius 1 is 0.843 bits per heavy atom. The van der Waals surface area contributed by atoms with Gasteiger partial charge in [0, 0.05) is 54.7 Å². The molecule has 384 valence electrons. The van der Waals surface area contributed by atoms with Crippen LogP contribution in [0.4, 0.5) is 0 Å². The normalized spacial score (nSPS) is 21.9. The predicted octanol–water partition coefficient (Wildman–Crippen LogP) is 11.4. The first-order valence-corrected chi connectivity index (χ1v) is 27.5. The fourth-order valence-electron chi connectivity index (χ4n) is 10.8. The van der Waals surface area contributed by atoms with Crippen molar-refractivity contribution in [3.8, 4) is 11.5 Å². The van der Waals surface area contributed by atoms with Gasteiger partial charge in [0.05, 0.1) is 44.7 Å². The molecular weight excluding hydrogens is 901 g/mol. The molecule has 3 aromatic rings. The molecule has 3 aliphatic rings. The summed E-state index contributed by atoms with van der Waals surface area (Å²) in [5.41, 5.74) is 3.76. The molecule has 11 nitrogen and oxygen atoms in total. The average Bonchev–Trinajstić information content (AvgIpc) is 3.38. The van der Waals surface area contributed by atoms with Gasteiger partial charge in [0.25, 0.3) is 0 Å². The van der Waals surface area contributed by atoms with Crippen LogP contribution in [0.5, 0.6) is 11.5 Å². The van der Waals surface area contributed by atoms with Gasteiger partial charge in [-0.3, -0.25) is 4.79 Å². The molecule has 1 saturated carbocycles. The molecule has 3 N–H and O–H groups in total. The van der Waals surface area contributed by atoms with Crippen LogP contribution in [0.25, 0.3) is 0 Å². The minimum Gasteiger partial charge on any atom is -0.493 e. The van der Waals surface area contributed by atoms with Crippen LogP contribution in [0.2, 0.25) is 0 Å². The first-order valence-electron chi connectivity index (χ1n) is 26.5. The Balaban J connectivity index is 1.44. The fraction of sp³-hybridized carbons (Fsp3) is 0.586. The van der Waals surface area contributed by atoms with Gasteiger partial charge >= 0.3 is 0 Å². The number of hydrogen-bond acceptors (Lipinski definition) is 11. The molecule has 6 atom stereocenters. The number of amides is 1. The summed E-state index contributed by atoms with van der Waals surface area (Å²) in [6.45, 7) is 8.06. The number of carbonyl (C=O) groups excluding carboxylic acids is 1. The fourth-order valence-corrected chi connectivity index (χ4v) is 11.6. The van der Waals surface area contributed by atoms with Crippen molar-refractivity contribution in [1.29, 1.82) is 0 Å². The van der Waals surface area contributed by atoms with Gasteiger partial charge in [-0.25, -0.2) is 0 Å². The van der Waals surface area contributed by atoms with Gasteiger partial charge in [-0.1, -0.05) is 137 Å². The molecule has 2 aliphatic carbocycles. The lowest BCUT2D eigenvalue weighted by Crippen LogP contribution is -2.70. The van der Waals surface area contributed by atoms with E-state index in [0.717, 1.165) is 78.9 Å². The second kappa shape index (κ2) is 30.7. The number of thioether (sulfide) groups is 1. The Bertz CT molecular complexity index is 2030. The Hall–Kier alpha value is -4.17. The summed E-state index contributed by atoms with van der Waals surface area (Å²) in [4.78, 5) is 24.5. The SMILES string of the molecule is C=CCO[C@@]12Oc3ccc(OCCSc4ccccc4)cc3[C@H]3[C@H](CCCCO)[C@@H](CCCCO)C=C(C(=NOCc4ccccc4)C[C@@H]1N(CCOCCO)C(=O)CCCCCCCCCCC)[C@H]32. The number of unbranched alkanes of at least 4 members (excludes halogenated alkanes) is 10. The molecule has 1 amide bonds. The number of aliphatic hydroxyl groups excluding tert-OH is 3. The van der Waals surface area contributed by atoms with E-state index in [1.807, 2.05) is 65.6 Å². The molecule has 6 rings (SSSR count). The molecule has 1 fully saturated rings. The van der Waals surface area contributed by atoms with Gasteiger partial charge in [-0.05, 0) is 85.4 Å². The van der Waals surface area contributed by atoms with Crippen LogP contribution in [-0.2, 0) is 25.7 Å². The lowest BCUT2D eigenvalue weighted by atomic mass is 9.55. The molecule has 0 bridgehead atoms. The summed E-state index contributed by atoms with van der Waals surface area (Å²) in [5, 5.41) is 34.8. The summed E-state index contributed by atoms with van der Waals surface area (Å²) >= 11 is 1.76. The van der Waals surface area contributed by atoms with E-state index in [1.165, 1.54) is 43.4 Å². The molecule has 3 aromatic carbocycles. The van der Waals surface area contributed by atoms with Crippen LogP contribution in [-0.4, -0.2) is 102 Å². The zero-order valence-corrected chi connectivity index (χ0v) is 42.8. The van der Waals surface area contributed by atoms with Crippen LogP contribution in [0, 0.1) is 17.8 Å². The summed E-state index contributed by atoms with van der Waals surface area (Å²) < 4.78 is 27.1. The zero-order chi connectivity index (χ0) is 49.2. The van der Waals surface area contributed by atoms with Crippen molar-refractivity contribution in [3.63, 3.8) is 0 Å². The van der Waals surface area contributed by atoms with Crippen LogP contribution < -0.4 is 9.47 Å². The Kier molecular flexibility index (Phi) is 24.1. The van der Waals surface area contributed by atoms with Crippen LogP contribution in [0.3, 0.4) is 0 Å². The average molecular weight is 983 g/mol. The first kappa shape index (κ1) is 55.1. The second-order valence-corrected chi connectivity index (χ2v) is 20.2. The number of rotatable bonds is 35. The number of ether oxygens (including phenoxy) is 4. The number of benzene rings is 3. The highest BCUT2D eigenvalue weighted by atomic mass is 32.2. The van der Waals surface area contributed by atoms with Gasteiger partial charge in [0.15, 0.2) is 0 Å². The number of allylic oxidation sites excluding steroid dienone is 1. The van der Waals surface area contributed by atoms with Crippen molar-refractivity contribution in [2.24, 2.45) is 22.9 Å². The van der Waals surface area contributed by atoms with E-state index >= 15 is 4.79 Å². The monoisotopic (exact) mass is 983 g/mol. The maximum atomic E-state index is 15.0. The van der Waals surface area contributed by atoms with E-state index in [1.54, 1.807) is 17.8 Å². The lowest BCUT2D eigenvalue weighted by molar-refractivity contribution is -0.258. The quantitative estimate of drug-likeness (QED) is 0.0226. The topological polar surface area (TPSA) is 140 Å². The zero-order valence-electron chi connectivity index (χ0n) is 41.9. The smallest absolute Gasteiger partial charge is 0.239 e. The van der Waals surface area contributed by atoms with Gasteiger partial charge in [0.2, 0.25) is 11.7 Å². The maximum absolute atomic E-state index is 15.0. The third-order valence-corrected chi connectivity index (χ3v) is 15.1. The summed E-state index contributed by atoms with van der Waals surface area (Å²) in [7, 11) is 0. The highest BCUT2D eigenvalue weighted by Gasteiger charge is 2.65. The van der Waals surface area contributed by atoms with Crippen molar-refractivity contribution in [3.05, 3.63) is 114 Å². The molecular formula is C58H82N2O9S. The van der Waals surface area contributed by atoms with Crippen molar-refractivity contribution in [2.75, 3.05) is 58.5 Å². The van der Waals surface area contributed by atoms with Gasteiger partial charge < -0.3 is 44.0 Å². The van der Waals surface area contributed by atoms with Crippen LogP contribution in [0.1, 0.15) is 133 Å². The molecule has 0 saturated heterocycles. The van der Waals surface area contributed by atoms with Crippen molar-refractivity contribution < 1.29 is 43.9 Å². The second-order valence-electron chi connectivity index (χ2n) is 19.0. The van der Waals surface area contributed by atoms with Crippen molar-refractivity contribution >= 4 is 23.4 Å². The van der Waals surface area contributed by atoms with Gasteiger partial charge in [-0.15, -0.1) is 18.3 Å². The van der Waals surface area contributed by atoms with E-state index in [4.69, 9.17) is 28.9 Å². The van der Waals surface area contributed by atoms with Crippen LogP contribution >= 0.6 is 11.8 Å². The minimum absolute atomic E-state index is 0.000594. The van der Waals surface area contributed by atoms with Gasteiger partial charge in [-0.2, -0.15) is 0 Å². The third-order valence-electron chi connectivity index (χ3n) is 14.2. The van der Waals surface area contributed by atoms with E-state index in [9.17, 15) is 15.3 Å². The molecule has 12 heteroatoms. The van der Waals surface area contributed by atoms with E-state index < -0.39 is 17.7 Å². The minimum atomic E-state index is -1.37. The first-order chi connectivity index (χ1) is 34.5. The number of aliphatic hydroxyl groups is 3. The predicted molar refractivity (Wildman–Crippen MR) is 280 cm³/mol. The summed E-state index contributed by atoms with van der Waals surface area (Å²) in [6.07, 6.45) is 19.8. The standard InChI is InChI=1S/C58H82N2O9S/c1-3-5-6-7-8-9-10-11-18-29-55(64)60(32-37-65-38-35-63)54-43-52(59-68-44-45-23-14-12-15-24-45)50-41-46(25-19-21-33-61)49(28-20-22-34-62)56-51-42-47(66-39-40-70-48-26-16-13-17-27-48)30-31-53(51)69-58(54,57(50)56)67-36-4-2/h4,12-17,23-24,26-27,30-31,41-42,46,49,54,56-57,61-63H,2-3,5-11,18-22,25,28-29,32-40,43-44H2,1H3/t46-,49+,54-,56+,57+,58+/m0/s1. The Morgan fingerprint density at radius 3 is 2.27 bits per heavy atom. The highest BCUT2D eigenvalue weighted by molar-refractivity contribution is 7.99. The van der Waals surface area contributed by atoms with E-state index in [-0.39, 0.29) is 76.5 Å². The molecule has 0 spiro atoms. The summed E-state index contributed by atoms with van der Waals surface area (Å²) in [5.74, 6) is 0.426.